The minimum absolute atomic E-state index is 0.449. The van der Waals surface area contributed by atoms with Gasteiger partial charge in [0.05, 0.1) is 11.0 Å². The van der Waals surface area contributed by atoms with Crippen LogP contribution in [-0.2, 0) is 10.1 Å². The maximum atomic E-state index is 10.5. The fourth-order valence-electron chi connectivity index (χ4n) is 0.655. The molecule has 0 aliphatic carbocycles. The van der Waals surface area contributed by atoms with E-state index in [1.54, 1.807) is 0 Å². The van der Waals surface area contributed by atoms with E-state index < -0.39 is 21.1 Å². The van der Waals surface area contributed by atoms with E-state index in [2.05, 4.69) is 22.8 Å². The Morgan fingerprint density at radius 1 is 1.77 bits per heavy atom. The molecule has 0 spiro atoms. The molecule has 0 saturated carbocycles. The smallest absolute Gasteiger partial charge is 0.266 e. The van der Waals surface area contributed by atoms with Gasteiger partial charge in [0, 0.05) is 0 Å². The number of hydrogen-bond acceptors (Lipinski definition) is 6. The zero-order valence-electron chi connectivity index (χ0n) is 6.17. The lowest BCUT2D eigenvalue weighted by atomic mass is 10.5. The molecule has 0 amide bonds. The van der Waals surface area contributed by atoms with Crippen LogP contribution in [0.25, 0.3) is 0 Å². The first kappa shape index (κ1) is 11.1. The minimum atomic E-state index is -4.02. The molecular weight excluding hydrogens is 252 g/mol. The molecule has 0 fully saturated rings. The maximum Gasteiger partial charge on any atom is 0.266 e. The van der Waals surface area contributed by atoms with E-state index in [0.717, 1.165) is 11.3 Å². The van der Waals surface area contributed by atoms with Gasteiger partial charge in [0.25, 0.3) is 10.1 Å². The van der Waals surface area contributed by atoms with Gasteiger partial charge in [-0.1, -0.05) is 11.3 Å². The van der Waals surface area contributed by atoms with Crippen LogP contribution in [0.3, 0.4) is 0 Å². The number of rotatable bonds is 3. The van der Waals surface area contributed by atoms with E-state index in [-0.39, 0.29) is 0 Å². The van der Waals surface area contributed by atoms with E-state index in [9.17, 15) is 8.42 Å². The van der Waals surface area contributed by atoms with E-state index >= 15 is 0 Å². The van der Waals surface area contributed by atoms with Crippen LogP contribution in [0.1, 0.15) is 10.3 Å². The number of thiol groups is 1. The van der Waals surface area contributed by atoms with Crippen LogP contribution >= 0.6 is 36.2 Å². The normalized spacial score (nSPS) is 14.3. The lowest BCUT2D eigenvalue weighted by molar-refractivity contribution is 0.482. The molecule has 5 nitrogen and oxygen atoms in total. The summed E-state index contributed by atoms with van der Waals surface area (Å²) in [5, 5.41) is 6.04. The zero-order valence-corrected chi connectivity index (χ0v) is 9.51. The van der Waals surface area contributed by atoms with Gasteiger partial charge in [-0.05, 0) is 12.2 Å². The highest BCUT2D eigenvalue weighted by Crippen LogP contribution is 2.22. The van der Waals surface area contributed by atoms with Crippen molar-refractivity contribution in [1.82, 2.24) is 10.2 Å². The Morgan fingerprint density at radius 3 is 2.77 bits per heavy atom. The Balaban J connectivity index is 2.81. The zero-order chi connectivity index (χ0) is 10.1. The molecule has 1 unspecified atom stereocenters. The molecule has 0 aliphatic heterocycles. The Bertz CT molecular complexity index is 432. The molecule has 13 heavy (non-hydrogen) atoms. The van der Waals surface area contributed by atoms with Gasteiger partial charge in [-0.25, -0.2) is 0 Å². The number of hydrogen-bond donors (Lipinski definition) is 3. The van der Waals surface area contributed by atoms with Gasteiger partial charge < -0.3 is 0 Å². The fourth-order valence-corrected chi connectivity index (χ4v) is 2.99. The summed E-state index contributed by atoms with van der Waals surface area (Å²) in [5.41, 5.74) is 0. The summed E-state index contributed by atoms with van der Waals surface area (Å²) in [5.74, 6) is -0.466. The molecule has 1 aromatic heterocycles. The Labute approximate surface area is 89.4 Å². The second kappa shape index (κ2) is 4.05. The van der Waals surface area contributed by atoms with Crippen LogP contribution in [0.15, 0.2) is 0 Å². The second-order valence-corrected chi connectivity index (χ2v) is 6.03. The Morgan fingerprint density at radius 2 is 2.38 bits per heavy atom. The predicted octanol–water partition coefficient (Wildman–Crippen LogP) is 1.06. The maximum absolute atomic E-state index is 10.5. The second-order valence-electron chi connectivity index (χ2n) is 2.22. The summed E-state index contributed by atoms with van der Waals surface area (Å²) in [6.07, 6.45) is 0. The molecule has 1 heterocycles. The summed E-state index contributed by atoms with van der Waals surface area (Å²) < 4.78 is 29.9. The van der Waals surface area contributed by atoms with Crippen LogP contribution in [0, 0.1) is 3.95 Å². The third-order valence-corrected chi connectivity index (χ3v) is 3.91. The molecular formula is C4H6N2O3S4. The van der Waals surface area contributed by atoms with Crippen molar-refractivity contribution >= 4 is 46.3 Å². The lowest BCUT2D eigenvalue weighted by Crippen LogP contribution is -2.09. The van der Waals surface area contributed by atoms with Gasteiger partial charge in [0.15, 0.2) is 3.95 Å². The minimum Gasteiger partial charge on any atom is -0.286 e. The molecule has 9 heteroatoms. The topological polar surface area (TPSA) is 83.1 Å². The summed E-state index contributed by atoms with van der Waals surface area (Å²) in [6.45, 7) is 0. The first-order chi connectivity index (χ1) is 5.88. The van der Waals surface area contributed by atoms with Crippen molar-refractivity contribution in [3.05, 3.63) is 8.96 Å². The SMILES string of the molecule is O=S(=O)(O)CC(S)c1n[nH]c(=S)s1. The molecule has 1 atom stereocenters. The molecule has 0 saturated heterocycles. The molecule has 0 aliphatic rings. The summed E-state index contributed by atoms with van der Waals surface area (Å²) in [6, 6.07) is 0. The van der Waals surface area contributed by atoms with E-state index in [4.69, 9.17) is 16.8 Å². The highest BCUT2D eigenvalue weighted by Gasteiger charge is 2.17. The average molecular weight is 258 g/mol. The Kier molecular flexibility index (Phi) is 3.46. The first-order valence-corrected chi connectivity index (χ1v) is 6.42. The molecule has 0 aromatic carbocycles. The largest absolute Gasteiger partial charge is 0.286 e. The van der Waals surface area contributed by atoms with Crippen LogP contribution in [0.4, 0.5) is 0 Å². The lowest BCUT2D eigenvalue weighted by Gasteiger charge is -2.02. The highest BCUT2D eigenvalue weighted by atomic mass is 32.2. The standard InChI is InChI=1S/C4H6N2O3S4/c7-13(8,9)1-2(10)3-5-6-4(11)12-3/h2,10H,1H2,(H,6,11)(H,7,8,9). The van der Waals surface area contributed by atoms with Gasteiger partial charge in [-0.3, -0.25) is 9.65 Å². The van der Waals surface area contributed by atoms with E-state index in [0.29, 0.717) is 8.96 Å². The van der Waals surface area contributed by atoms with E-state index in [1.807, 2.05) is 0 Å². The summed E-state index contributed by atoms with van der Waals surface area (Å²) in [4.78, 5) is 0. The van der Waals surface area contributed by atoms with Crippen LogP contribution in [0.2, 0.25) is 0 Å². The number of aromatic nitrogens is 2. The van der Waals surface area contributed by atoms with Crippen LogP contribution in [-0.4, -0.2) is 28.9 Å². The van der Waals surface area contributed by atoms with Crippen LogP contribution in [0.5, 0.6) is 0 Å². The van der Waals surface area contributed by atoms with Crippen molar-refractivity contribution in [2.24, 2.45) is 0 Å². The quantitative estimate of drug-likeness (QED) is 0.429. The molecule has 74 valence electrons. The van der Waals surface area contributed by atoms with Gasteiger partial charge >= 0.3 is 0 Å². The number of nitrogens with one attached hydrogen (secondary N) is 1. The van der Waals surface area contributed by atoms with Crippen LogP contribution < -0.4 is 0 Å². The van der Waals surface area contributed by atoms with Gasteiger partial charge in [0.2, 0.25) is 0 Å². The third-order valence-electron chi connectivity index (χ3n) is 1.11. The van der Waals surface area contributed by atoms with Gasteiger partial charge in [-0.15, -0.1) is 0 Å². The van der Waals surface area contributed by atoms with Gasteiger partial charge in [-0.2, -0.15) is 26.1 Å². The first-order valence-electron chi connectivity index (χ1n) is 3.07. The van der Waals surface area contributed by atoms with Gasteiger partial charge in [0.1, 0.15) is 5.01 Å². The fraction of sp³-hybridized carbons (Fsp3) is 0.500. The molecule has 2 N–H and O–H groups in total. The van der Waals surface area contributed by atoms with Crippen molar-refractivity contribution in [2.45, 2.75) is 5.25 Å². The molecule has 1 aromatic rings. The number of aromatic amines is 1. The molecule has 0 radical (unpaired) electrons. The van der Waals surface area contributed by atoms with E-state index in [1.165, 1.54) is 0 Å². The Hall–Kier alpha value is 0.0400. The van der Waals surface area contributed by atoms with Crippen molar-refractivity contribution in [3.63, 3.8) is 0 Å². The predicted molar refractivity (Wildman–Crippen MR) is 55.4 cm³/mol. The average Bonchev–Trinajstić information content (AvgIpc) is 2.31. The molecule has 1 rings (SSSR count). The highest BCUT2D eigenvalue weighted by molar-refractivity contribution is 7.88. The summed E-state index contributed by atoms with van der Waals surface area (Å²) in [7, 11) is -4.02. The number of nitrogens with zero attached hydrogens (tertiary/aromatic N) is 1. The third kappa shape index (κ3) is 3.73. The van der Waals surface area contributed by atoms with Crippen molar-refractivity contribution in [2.75, 3.05) is 5.75 Å². The molecule has 0 bridgehead atoms. The van der Waals surface area contributed by atoms with Crippen molar-refractivity contribution in [3.8, 4) is 0 Å². The summed E-state index contributed by atoms with van der Waals surface area (Å²) >= 11 is 9.85. The van der Waals surface area contributed by atoms with Crippen molar-refractivity contribution < 1.29 is 13.0 Å². The number of H-pyrrole nitrogens is 1. The monoisotopic (exact) mass is 258 g/mol. The van der Waals surface area contributed by atoms with Crippen molar-refractivity contribution in [1.29, 1.82) is 0 Å².